The van der Waals surface area contributed by atoms with Crippen molar-refractivity contribution in [3.63, 3.8) is 0 Å². The Morgan fingerprint density at radius 2 is 2.05 bits per heavy atom. The molecule has 2 rings (SSSR count). The van der Waals surface area contributed by atoms with Gasteiger partial charge in [0.15, 0.2) is 0 Å². The van der Waals surface area contributed by atoms with Crippen LogP contribution in [0.1, 0.15) is 51.8 Å². The number of aromatic nitrogens is 2. The van der Waals surface area contributed by atoms with Crippen LogP contribution >= 0.6 is 0 Å². The molecule has 2 heterocycles. The molecular formula is C15H28N4. The third-order valence-electron chi connectivity index (χ3n) is 4.47. The van der Waals surface area contributed by atoms with E-state index >= 15 is 0 Å². The van der Waals surface area contributed by atoms with Crippen molar-refractivity contribution in [3.05, 3.63) is 18.0 Å². The van der Waals surface area contributed by atoms with Crippen LogP contribution in [0.25, 0.3) is 0 Å². The summed E-state index contributed by atoms with van der Waals surface area (Å²) in [6.07, 6.45) is 5.69. The van der Waals surface area contributed by atoms with E-state index in [0.29, 0.717) is 18.0 Å². The fraction of sp³-hybridized carbons (Fsp3) is 0.800. The van der Waals surface area contributed by atoms with Crippen LogP contribution in [-0.2, 0) is 6.54 Å². The zero-order valence-electron chi connectivity index (χ0n) is 12.5. The van der Waals surface area contributed by atoms with Gasteiger partial charge in [-0.3, -0.25) is 9.58 Å². The lowest BCUT2D eigenvalue weighted by Crippen LogP contribution is -2.39. The van der Waals surface area contributed by atoms with Crippen molar-refractivity contribution in [2.24, 2.45) is 11.7 Å². The minimum absolute atomic E-state index is 0.340. The van der Waals surface area contributed by atoms with E-state index in [1.165, 1.54) is 18.5 Å². The Labute approximate surface area is 117 Å². The second-order valence-corrected chi connectivity index (χ2v) is 6.02. The predicted octanol–water partition coefficient (Wildman–Crippen LogP) is 2.41. The molecule has 1 aliphatic rings. The normalized spacial score (nSPS) is 21.5. The van der Waals surface area contributed by atoms with E-state index < -0.39 is 0 Å². The monoisotopic (exact) mass is 264 g/mol. The maximum atomic E-state index is 5.98. The summed E-state index contributed by atoms with van der Waals surface area (Å²) in [4.78, 5) is 2.50. The average Bonchev–Trinajstić information content (AvgIpc) is 2.87. The van der Waals surface area contributed by atoms with E-state index in [1.807, 2.05) is 0 Å². The van der Waals surface area contributed by atoms with Gasteiger partial charge in [-0.05, 0) is 58.2 Å². The quantitative estimate of drug-likeness (QED) is 0.888. The number of rotatable bonds is 5. The number of likely N-dealkylation sites (tertiary alicyclic amines) is 1. The fourth-order valence-corrected chi connectivity index (χ4v) is 2.76. The first-order valence-electron chi connectivity index (χ1n) is 7.62. The molecule has 2 N–H and O–H groups in total. The average molecular weight is 264 g/mol. The maximum Gasteiger partial charge on any atom is 0.0764 e. The maximum absolute atomic E-state index is 5.98. The number of hydrogen-bond donors (Lipinski definition) is 1. The molecule has 0 amide bonds. The van der Waals surface area contributed by atoms with Gasteiger partial charge in [0.05, 0.1) is 5.69 Å². The molecule has 1 aromatic rings. The third-order valence-corrected chi connectivity index (χ3v) is 4.47. The summed E-state index contributed by atoms with van der Waals surface area (Å²) in [6, 6.07) is 2.99. The standard InChI is InChI=1S/C15H28N4/c1-4-12(2)19-10-7-15(17-19)11-18-8-5-14(6-9-18)13(3)16/h7,10,12-14H,4-6,8-9,11,16H2,1-3H3. The number of nitrogens with zero attached hydrogens (tertiary/aromatic N) is 3. The van der Waals surface area contributed by atoms with Gasteiger partial charge < -0.3 is 5.73 Å². The highest BCUT2D eigenvalue weighted by Crippen LogP contribution is 2.21. The van der Waals surface area contributed by atoms with E-state index in [9.17, 15) is 0 Å². The molecule has 1 saturated heterocycles. The highest BCUT2D eigenvalue weighted by molar-refractivity contribution is 5.00. The van der Waals surface area contributed by atoms with Gasteiger partial charge in [0, 0.05) is 24.8 Å². The highest BCUT2D eigenvalue weighted by Gasteiger charge is 2.22. The van der Waals surface area contributed by atoms with Crippen LogP contribution in [0.4, 0.5) is 0 Å². The van der Waals surface area contributed by atoms with E-state index in [1.54, 1.807) is 0 Å². The van der Waals surface area contributed by atoms with Gasteiger partial charge in [0.2, 0.25) is 0 Å². The van der Waals surface area contributed by atoms with Crippen LogP contribution in [-0.4, -0.2) is 33.8 Å². The summed E-state index contributed by atoms with van der Waals surface area (Å²) in [5.74, 6) is 0.703. The van der Waals surface area contributed by atoms with Crippen LogP contribution in [0.3, 0.4) is 0 Å². The second kappa shape index (κ2) is 6.53. The van der Waals surface area contributed by atoms with Crippen LogP contribution in [0.2, 0.25) is 0 Å². The van der Waals surface area contributed by atoms with Crippen molar-refractivity contribution in [3.8, 4) is 0 Å². The SMILES string of the molecule is CCC(C)n1ccc(CN2CCC(C(C)N)CC2)n1. The molecule has 1 aromatic heterocycles. The first kappa shape index (κ1) is 14.5. The molecular weight excluding hydrogens is 236 g/mol. The van der Waals surface area contributed by atoms with Crippen molar-refractivity contribution in [1.82, 2.24) is 14.7 Å². The minimum atomic E-state index is 0.340. The summed E-state index contributed by atoms with van der Waals surface area (Å²) in [6.45, 7) is 9.84. The molecule has 0 bridgehead atoms. The van der Waals surface area contributed by atoms with Gasteiger partial charge in [0.25, 0.3) is 0 Å². The van der Waals surface area contributed by atoms with E-state index in [-0.39, 0.29) is 0 Å². The largest absolute Gasteiger partial charge is 0.328 e. The minimum Gasteiger partial charge on any atom is -0.328 e. The molecule has 19 heavy (non-hydrogen) atoms. The van der Waals surface area contributed by atoms with Crippen LogP contribution in [0, 0.1) is 5.92 Å². The van der Waals surface area contributed by atoms with Gasteiger partial charge in [-0.25, -0.2) is 0 Å². The van der Waals surface area contributed by atoms with Gasteiger partial charge in [-0.1, -0.05) is 6.92 Å². The van der Waals surface area contributed by atoms with Crippen LogP contribution < -0.4 is 5.73 Å². The molecule has 4 heteroatoms. The Balaban J connectivity index is 1.84. The fourth-order valence-electron chi connectivity index (χ4n) is 2.76. The summed E-state index contributed by atoms with van der Waals surface area (Å²) in [5, 5.41) is 4.68. The van der Waals surface area contributed by atoms with E-state index in [2.05, 4.69) is 47.7 Å². The first-order chi connectivity index (χ1) is 9.10. The lowest BCUT2D eigenvalue weighted by molar-refractivity contribution is 0.163. The van der Waals surface area contributed by atoms with Crippen molar-refractivity contribution in [2.45, 2.75) is 58.7 Å². The Morgan fingerprint density at radius 1 is 1.37 bits per heavy atom. The van der Waals surface area contributed by atoms with E-state index in [4.69, 9.17) is 5.73 Å². The Morgan fingerprint density at radius 3 is 2.63 bits per heavy atom. The van der Waals surface area contributed by atoms with Gasteiger partial charge in [0.1, 0.15) is 0 Å². The lowest BCUT2D eigenvalue weighted by Gasteiger charge is -2.33. The number of piperidine rings is 1. The summed E-state index contributed by atoms with van der Waals surface area (Å²) < 4.78 is 2.09. The topological polar surface area (TPSA) is 47.1 Å². The number of hydrogen-bond acceptors (Lipinski definition) is 3. The summed E-state index contributed by atoms with van der Waals surface area (Å²) in [7, 11) is 0. The lowest BCUT2D eigenvalue weighted by atomic mass is 9.91. The van der Waals surface area contributed by atoms with Gasteiger partial charge in [-0.2, -0.15) is 5.10 Å². The summed E-state index contributed by atoms with van der Waals surface area (Å²) in [5.41, 5.74) is 7.18. The molecule has 4 nitrogen and oxygen atoms in total. The van der Waals surface area contributed by atoms with Crippen LogP contribution in [0.15, 0.2) is 12.3 Å². The smallest absolute Gasteiger partial charge is 0.0764 e. The van der Waals surface area contributed by atoms with Crippen molar-refractivity contribution in [2.75, 3.05) is 13.1 Å². The molecule has 0 spiro atoms. The van der Waals surface area contributed by atoms with Crippen LogP contribution in [0.5, 0.6) is 0 Å². The Hall–Kier alpha value is -0.870. The molecule has 0 radical (unpaired) electrons. The summed E-state index contributed by atoms with van der Waals surface area (Å²) >= 11 is 0. The predicted molar refractivity (Wildman–Crippen MR) is 78.9 cm³/mol. The molecule has 2 unspecified atom stereocenters. The molecule has 1 fully saturated rings. The molecule has 0 aromatic carbocycles. The zero-order valence-corrected chi connectivity index (χ0v) is 12.5. The van der Waals surface area contributed by atoms with Gasteiger partial charge >= 0.3 is 0 Å². The molecule has 1 aliphatic heterocycles. The highest BCUT2D eigenvalue weighted by atomic mass is 15.3. The molecule has 0 saturated carbocycles. The zero-order chi connectivity index (χ0) is 13.8. The molecule has 108 valence electrons. The molecule has 0 aliphatic carbocycles. The van der Waals surface area contributed by atoms with Gasteiger partial charge in [-0.15, -0.1) is 0 Å². The Kier molecular flexibility index (Phi) is 4.99. The number of nitrogens with two attached hydrogens (primary N) is 1. The molecule has 2 atom stereocenters. The second-order valence-electron chi connectivity index (χ2n) is 6.02. The van der Waals surface area contributed by atoms with Crippen molar-refractivity contribution >= 4 is 0 Å². The van der Waals surface area contributed by atoms with Crippen molar-refractivity contribution in [1.29, 1.82) is 0 Å². The first-order valence-corrected chi connectivity index (χ1v) is 7.62. The van der Waals surface area contributed by atoms with E-state index in [0.717, 1.165) is 26.1 Å². The Bertz CT molecular complexity index is 377. The third kappa shape index (κ3) is 3.80. The van der Waals surface area contributed by atoms with Crippen molar-refractivity contribution < 1.29 is 0 Å².